The van der Waals surface area contributed by atoms with Crippen molar-refractivity contribution in [3.05, 3.63) is 106 Å². The molecule has 0 radical (unpaired) electrons. The number of halogens is 3. The monoisotopic (exact) mass is 518 g/mol. The molecule has 1 aromatic heterocycles. The van der Waals surface area contributed by atoms with Crippen molar-refractivity contribution in [1.29, 1.82) is 0 Å². The highest BCUT2D eigenvalue weighted by Gasteiger charge is 2.31. The predicted molar refractivity (Wildman–Crippen MR) is 140 cm³/mol. The maximum Gasteiger partial charge on any atom is 0.416 e. The molecule has 0 fully saturated rings. The summed E-state index contributed by atoms with van der Waals surface area (Å²) < 4.78 is 57.7. The molecule has 0 unspecified atom stereocenters. The molecule has 0 saturated heterocycles. The van der Waals surface area contributed by atoms with Gasteiger partial charge in [0.1, 0.15) is 34.3 Å². The van der Waals surface area contributed by atoms with E-state index in [0.29, 0.717) is 39.9 Å². The van der Waals surface area contributed by atoms with E-state index in [1.807, 2.05) is 0 Å². The second-order valence-corrected chi connectivity index (χ2v) is 8.59. The second-order valence-electron chi connectivity index (χ2n) is 8.59. The van der Waals surface area contributed by atoms with Crippen molar-refractivity contribution in [3.8, 4) is 34.3 Å². The lowest BCUT2D eigenvalue weighted by molar-refractivity contribution is -0.137. The van der Waals surface area contributed by atoms with Gasteiger partial charge in [0.25, 0.3) is 0 Å². The van der Waals surface area contributed by atoms with Crippen LogP contribution in [0.25, 0.3) is 22.3 Å². The van der Waals surface area contributed by atoms with Crippen LogP contribution in [0.3, 0.4) is 0 Å². The number of anilines is 2. The average molecular weight is 518 g/mol. The largest absolute Gasteiger partial charge is 0.457 e. The van der Waals surface area contributed by atoms with Crippen molar-refractivity contribution < 1.29 is 27.1 Å². The fraction of sp³-hybridized carbons (Fsp3) is 0.0690. The number of benzene rings is 4. The van der Waals surface area contributed by atoms with Crippen LogP contribution in [-0.4, -0.2) is 0 Å². The van der Waals surface area contributed by atoms with Crippen LogP contribution >= 0.6 is 0 Å². The Kier molecular flexibility index (Phi) is 6.20. The molecule has 0 atom stereocenters. The van der Waals surface area contributed by atoms with Crippen molar-refractivity contribution in [2.75, 3.05) is 11.5 Å². The molecule has 0 amide bonds. The number of fused-ring (bicyclic) bond motifs is 1. The Morgan fingerprint density at radius 3 is 1.92 bits per heavy atom. The van der Waals surface area contributed by atoms with Crippen molar-refractivity contribution in [2.24, 2.45) is 0 Å². The Morgan fingerprint density at radius 2 is 1.32 bits per heavy atom. The van der Waals surface area contributed by atoms with E-state index in [0.717, 1.165) is 18.2 Å². The molecule has 5 rings (SSSR count). The van der Waals surface area contributed by atoms with E-state index in [1.165, 1.54) is 6.92 Å². The molecule has 4 N–H and O–H groups in total. The summed E-state index contributed by atoms with van der Waals surface area (Å²) >= 11 is 0. The first kappa shape index (κ1) is 24.8. The van der Waals surface area contributed by atoms with Gasteiger partial charge in [-0.3, -0.25) is 4.79 Å². The minimum Gasteiger partial charge on any atom is -0.457 e. The third kappa shape index (κ3) is 4.99. The Balaban J connectivity index is 1.63. The predicted octanol–water partition coefficient (Wildman–Crippen LogP) is 7.54. The van der Waals surface area contributed by atoms with E-state index in [-0.39, 0.29) is 22.3 Å². The summed E-state index contributed by atoms with van der Waals surface area (Å²) in [5, 5.41) is -0.162. The summed E-state index contributed by atoms with van der Waals surface area (Å²) in [6, 6.07) is 21.3. The lowest BCUT2D eigenvalue weighted by Crippen LogP contribution is -2.10. The normalized spacial score (nSPS) is 11.5. The van der Waals surface area contributed by atoms with E-state index >= 15 is 0 Å². The first-order valence-electron chi connectivity index (χ1n) is 11.4. The van der Waals surface area contributed by atoms with Crippen LogP contribution in [0.2, 0.25) is 0 Å². The molecular formula is C29H21F3N2O4. The topological polar surface area (TPSA) is 101 Å². The van der Waals surface area contributed by atoms with Crippen molar-refractivity contribution in [3.63, 3.8) is 0 Å². The summed E-state index contributed by atoms with van der Waals surface area (Å²) in [6.45, 7) is 1.49. The third-order valence-electron chi connectivity index (χ3n) is 5.87. The van der Waals surface area contributed by atoms with Gasteiger partial charge in [0.2, 0.25) is 0 Å². The number of hydrogen-bond donors (Lipinski definition) is 2. The summed E-state index contributed by atoms with van der Waals surface area (Å²) in [5.41, 5.74) is 11.7. The summed E-state index contributed by atoms with van der Waals surface area (Å²) in [6.07, 6.45) is -4.59. The highest BCUT2D eigenvalue weighted by molar-refractivity contribution is 5.82. The molecule has 0 aliphatic heterocycles. The molecular weight excluding hydrogens is 497 g/mol. The van der Waals surface area contributed by atoms with Gasteiger partial charge >= 0.3 is 6.18 Å². The van der Waals surface area contributed by atoms with Crippen LogP contribution < -0.4 is 26.4 Å². The molecule has 6 nitrogen and oxygen atoms in total. The fourth-order valence-electron chi connectivity index (χ4n) is 3.89. The van der Waals surface area contributed by atoms with Gasteiger partial charge in [0, 0.05) is 23.0 Å². The van der Waals surface area contributed by atoms with Gasteiger partial charge in [-0.25, -0.2) is 0 Å². The van der Waals surface area contributed by atoms with Gasteiger partial charge < -0.3 is 25.4 Å². The van der Waals surface area contributed by atoms with Gasteiger partial charge in [0.15, 0.2) is 5.43 Å². The van der Waals surface area contributed by atoms with Gasteiger partial charge in [-0.2, -0.15) is 13.2 Å². The number of nitrogen functional groups attached to an aromatic ring is 2. The van der Waals surface area contributed by atoms with Crippen molar-refractivity contribution in [2.45, 2.75) is 13.1 Å². The summed E-state index contributed by atoms with van der Waals surface area (Å²) in [7, 11) is 0. The maximum atomic E-state index is 13.2. The second kappa shape index (κ2) is 9.51. The lowest BCUT2D eigenvalue weighted by Gasteiger charge is -2.15. The Bertz CT molecular complexity index is 1690. The molecule has 0 aliphatic carbocycles. The van der Waals surface area contributed by atoms with Crippen molar-refractivity contribution >= 4 is 22.3 Å². The zero-order valence-corrected chi connectivity index (χ0v) is 20.0. The van der Waals surface area contributed by atoms with Crippen LogP contribution in [-0.2, 0) is 6.18 Å². The first-order chi connectivity index (χ1) is 18.1. The van der Waals surface area contributed by atoms with Gasteiger partial charge in [-0.05, 0) is 85.8 Å². The lowest BCUT2D eigenvalue weighted by atomic mass is 10.0. The molecule has 0 bridgehead atoms. The van der Waals surface area contributed by atoms with E-state index in [4.69, 9.17) is 25.4 Å². The zero-order chi connectivity index (χ0) is 27.0. The van der Waals surface area contributed by atoms with Crippen LogP contribution in [0.15, 0.2) is 94.1 Å². The Hall–Kier alpha value is -4.92. The van der Waals surface area contributed by atoms with E-state index in [1.54, 1.807) is 66.7 Å². The van der Waals surface area contributed by atoms with Crippen molar-refractivity contribution in [1.82, 2.24) is 0 Å². The van der Waals surface area contributed by atoms with Crippen LogP contribution in [0, 0.1) is 6.92 Å². The van der Waals surface area contributed by atoms with Gasteiger partial charge in [-0.1, -0.05) is 0 Å². The Morgan fingerprint density at radius 1 is 0.737 bits per heavy atom. The number of alkyl halides is 3. The molecule has 9 heteroatoms. The molecule has 192 valence electrons. The summed E-state index contributed by atoms with van der Waals surface area (Å²) in [5.74, 6) is 1.88. The molecule has 0 saturated carbocycles. The number of nitrogens with two attached hydrogens (primary N) is 2. The number of ether oxygens (including phenoxy) is 2. The van der Waals surface area contributed by atoms with Gasteiger partial charge in [-0.15, -0.1) is 0 Å². The third-order valence-corrected chi connectivity index (χ3v) is 5.87. The molecule has 0 spiro atoms. The average Bonchev–Trinajstić information content (AvgIpc) is 2.88. The maximum absolute atomic E-state index is 13.2. The van der Waals surface area contributed by atoms with Crippen LogP contribution in [0.5, 0.6) is 23.0 Å². The highest BCUT2D eigenvalue weighted by atomic mass is 19.4. The molecule has 38 heavy (non-hydrogen) atoms. The molecule has 1 heterocycles. The van der Waals surface area contributed by atoms with E-state index in [9.17, 15) is 18.0 Å². The quantitative estimate of drug-likeness (QED) is 0.233. The first-order valence-corrected chi connectivity index (χ1v) is 11.4. The molecule has 4 aromatic carbocycles. The molecule has 0 aliphatic rings. The standard InChI is InChI=1S/C29H21F3N2O4/c1-16-27(35)24-14-17(29(30,31)32)2-13-25(24)38-28(16)23-12-11-22(36-20-7-3-18(33)4-8-20)15-26(23)37-21-9-5-19(34)6-10-21/h2-15H,33-34H2,1H3. The zero-order valence-electron chi connectivity index (χ0n) is 20.0. The Labute approximate surface area is 214 Å². The van der Waals surface area contributed by atoms with Crippen LogP contribution in [0.1, 0.15) is 11.1 Å². The number of hydrogen-bond acceptors (Lipinski definition) is 6. The highest BCUT2D eigenvalue weighted by Crippen LogP contribution is 2.40. The van der Waals surface area contributed by atoms with E-state index in [2.05, 4.69) is 0 Å². The fourth-order valence-corrected chi connectivity index (χ4v) is 3.89. The number of rotatable bonds is 5. The van der Waals surface area contributed by atoms with Crippen LogP contribution in [0.4, 0.5) is 24.5 Å². The summed E-state index contributed by atoms with van der Waals surface area (Å²) in [4.78, 5) is 13.1. The minimum atomic E-state index is -4.59. The minimum absolute atomic E-state index is 0.0178. The van der Waals surface area contributed by atoms with E-state index < -0.39 is 17.2 Å². The SMILES string of the molecule is Cc1c(-c2ccc(Oc3ccc(N)cc3)cc2Oc2ccc(N)cc2)oc2ccc(C(F)(F)F)cc2c1=O. The molecule has 5 aromatic rings. The van der Waals surface area contributed by atoms with Gasteiger partial charge in [0.05, 0.1) is 16.5 Å². The smallest absolute Gasteiger partial charge is 0.416 e.